The smallest absolute Gasteiger partial charge is 0.289 e. The molecule has 1 aliphatic rings. The number of carbonyl (C=O) groups excluding carboxylic acids is 1. The van der Waals surface area contributed by atoms with Crippen LogP contribution in [-0.2, 0) is 11.3 Å². The van der Waals surface area contributed by atoms with Crippen LogP contribution in [-0.4, -0.2) is 44.2 Å². The Balaban J connectivity index is 1.44. The first-order valence-corrected chi connectivity index (χ1v) is 9.76. The Morgan fingerprint density at radius 2 is 1.85 bits per heavy atom. The third-order valence-electron chi connectivity index (χ3n) is 4.77. The lowest BCUT2D eigenvalue weighted by Gasteiger charge is -2.29. The van der Waals surface area contributed by atoms with E-state index in [2.05, 4.69) is 45.1 Å². The van der Waals surface area contributed by atoms with Crippen molar-refractivity contribution in [3.8, 4) is 0 Å². The van der Waals surface area contributed by atoms with E-state index in [0.717, 1.165) is 41.7 Å². The second-order valence-electron chi connectivity index (χ2n) is 6.72. The van der Waals surface area contributed by atoms with Gasteiger partial charge in [0, 0.05) is 42.2 Å². The number of halogens is 1. The Labute approximate surface area is 166 Å². The van der Waals surface area contributed by atoms with Gasteiger partial charge in [0.1, 0.15) is 5.58 Å². The summed E-state index contributed by atoms with van der Waals surface area (Å²) in [5.41, 5.74) is 2.99. The third-order valence-corrected chi connectivity index (χ3v) is 5.26. The highest BCUT2D eigenvalue weighted by Crippen LogP contribution is 2.24. The van der Waals surface area contributed by atoms with Crippen LogP contribution in [0, 0.1) is 0 Å². The molecule has 6 heteroatoms. The number of furan rings is 1. The summed E-state index contributed by atoms with van der Waals surface area (Å²) in [6, 6.07) is 15.9. The topological polar surface area (TPSA) is 45.9 Å². The molecule has 2 aromatic carbocycles. The maximum Gasteiger partial charge on any atom is 0.289 e. The number of morpholine rings is 1. The van der Waals surface area contributed by atoms with Gasteiger partial charge < -0.3 is 19.0 Å². The van der Waals surface area contributed by atoms with Gasteiger partial charge in [-0.1, -0.05) is 28.1 Å². The molecule has 0 N–H and O–H groups in total. The highest BCUT2D eigenvalue weighted by atomic mass is 79.9. The number of amides is 1. The Hall–Kier alpha value is -2.31. The molecular weight excluding hydrogens is 408 g/mol. The van der Waals surface area contributed by atoms with Crippen LogP contribution in [0.4, 0.5) is 5.69 Å². The fourth-order valence-electron chi connectivity index (χ4n) is 3.29. The molecule has 3 aromatic rings. The number of anilines is 1. The second-order valence-corrected chi connectivity index (χ2v) is 7.64. The highest BCUT2D eigenvalue weighted by molar-refractivity contribution is 9.10. The van der Waals surface area contributed by atoms with Gasteiger partial charge in [0.2, 0.25) is 0 Å². The summed E-state index contributed by atoms with van der Waals surface area (Å²) in [5.74, 6) is 0.232. The van der Waals surface area contributed by atoms with Crippen LogP contribution in [0.3, 0.4) is 0 Å². The van der Waals surface area contributed by atoms with Crippen LogP contribution < -0.4 is 4.90 Å². The van der Waals surface area contributed by atoms with Crippen LogP contribution in [0.2, 0.25) is 0 Å². The fourth-order valence-corrected chi connectivity index (χ4v) is 3.67. The van der Waals surface area contributed by atoms with E-state index in [4.69, 9.17) is 9.15 Å². The number of ether oxygens (including phenoxy) is 1. The number of fused-ring (bicyclic) bond motifs is 1. The molecule has 1 amide bonds. The van der Waals surface area contributed by atoms with Crippen molar-refractivity contribution in [2.75, 3.05) is 38.3 Å². The summed E-state index contributed by atoms with van der Waals surface area (Å²) in [7, 11) is 1.79. The van der Waals surface area contributed by atoms with Crippen molar-refractivity contribution >= 4 is 38.5 Å². The monoisotopic (exact) mass is 428 g/mol. The van der Waals surface area contributed by atoms with Gasteiger partial charge in [-0.15, -0.1) is 0 Å². The minimum absolute atomic E-state index is 0.125. The average Bonchev–Trinajstić information content (AvgIpc) is 3.11. The van der Waals surface area contributed by atoms with E-state index >= 15 is 0 Å². The zero-order valence-electron chi connectivity index (χ0n) is 15.2. The number of benzene rings is 2. The van der Waals surface area contributed by atoms with Gasteiger partial charge in [-0.3, -0.25) is 4.79 Å². The molecule has 0 radical (unpaired) electrons. The predicted molar refractivity (Wildman–Crippen MR) is 109 cm³/mol. The SMILES string of the molecule is CN(Cc1ccc(N2CCOCC2)cc1)C(=O)c1cc2cc(Br)ccc2o1. The Morgan fingerprint density at radius 3 is 2.59 bits per heavy atom. The molecule has 5 nitrogen and oxygen atoms in total. The Morgan fingerprint density at radius 1 is 1.11 bits per heavy atom. The van der Waals surface area contributed by atoms with Crippen LogP contribution >= 0.6 is 15.9 Å². The first-order chi connectivity index (χ1) is 13.1. The third kappa shape index (κ3) is 4.01. The fraction of sp³-hybridized carbons (Fsp3) is 0.286. The minimum Gasteiger partial charge on any atom is -0.451 e. The minimum atomic E-state index is -0.125. The van der Waals surface area contributed by atoms with Crippen LogP contribution in [0.25, 0.3) is 11.0 Å². The lowest BCUT2D eigenvalue weighted by Crippen LogP contribution is -2.36. The maximum atomic E-state index is 12.7. The standard InChI is InChI=1S/C21H21BrN2O3/c1-23(21(25)20-13-16-12-17(22)4-7-19(16)27-20)14-15-2-5-18(6-3-15)24-8-10-26-11-9-24/h2-7,12-13H,8-11,14H2,1H3. The Bertz CT molecular complexity index is 946. The molecule has 1 fully saturated rings. The number of hydrogen-bond acceptors (Lipinski definition) is 4. The summed E-state index contributed by atoms with van der Waals surface area (Å²) in [6.45, 7) is 3.91. The van der Waals surface area contributed by atoms with Crippen LogP contribution in [0.15, 0.2) is 57.4 Å². The zero-order valence-corrected chi connectivity index (χ0v) is 16.7. The first-order valence-electron chi connectivity index (χ1n) is 8.96. The van der Waals surface area contributed by atoms with E-state index in [-0.39, 0.29) is 5.91 Å². The summed E-state index contributed by atoms with van der Waals surface area (Å²) >= 11 is 3.44. The highest BCUT2D eigenvalue weighted by Gasteiger charge is 2.17. The van der Waals surface area contributed by atoms with Crippen LogP contribution in [0.5, 0.6) is 0 Å². The molecule has 140 valence electrons. The van der Waals surface area contributed by atoms with Crippen LogP contribution in [0.1, 0.15) is 16.1 Å². The van der Waals surface area contributed by atoms with Crippen molar-refractivity contribution < 1.29 is 13.9 Å². The lowest BCUT2D eigenvalue weighted by atomic mass is 10.1. The molecule has 4 rings (SSSR count). The molecule has 0 unspecified atom stereocenters. The Kier molecular flexibility index (Phi) is 5.18. The van der Waals surface area contributed by atoms with E-state index in [9.17, 15) is 4.79 Å². The van der Waals surface area contributed by atoms with Crippen molar-refractivity contribution in [1.82, 2.24) is 4.90 Å². The molecule has 1 saturated heterocycles. The molecule has 1 aliphatic heterocycles. The largest absolute Gasteiger partial charge is 0.451 e. The molecule has 0 bridgehead atoms. The van der Waals surface area contributed by atoms with Gasteiger partial charge in [-0.25, -0.2) is 0 Å². The van der Waals surface area contributed by atoms with E-state index in [1.165, 1.54) is 5.69 Å². The summed E-state index contributed by atoms with van der Waals surface area (Å²) in [4.78, 5) is 16.7. The quantitative estimate of drug-likeness (QED) is 0.621. The normalized spacial score (nSPS) is 14.5. The molecule has 2 heterocycles. The maximum absolute atomic E-state index is 12.7. The van der Waals surface area contributed by atoms with E-state index in [0.29, 0.717) is 17.9 Å². The zero-order chi connectivity index (χ0) is 18.8. The lowest BCUT2D eigenvalue weighted by molar-refractivity contribution is 0.0756. The van der Waals surface area contributed by atoms with Crippen molar-refractivity contribution in [2.24, 2.45) is 0 Å². The van der Waals surface area contributed by atoms with Gasteiger partial charge in [0.05, 0.1) is 13.2 Å². The van der Waals surface area contributed by atoms with Gasteiger partial charge in [0.25, 0.3) is 5.91 Å². The van der Waals surface area contributed by atoms with Crippen molar-refractivity contribution in [3.05, 3.63) is 64.3 Å². The number of carbonyl (C=O) groups is 1. The van der Waals surface area contributed by atoms with Crippen molar-refractivity contribution in [1.29, 1.82) is 0 Å². The number of hydrogen-bond donors (Lipinski definition) is 0. The van der Waals surface area contributed by atoms with E-state index in [1.807, 2.05) is 18.2 Å². The molecule has 0 saturated carbocycles. The summed E-state index contributed by atoms with van der Waals surface area (Å²) in [5, 5.41) is 0.913. The summed E-state index contributed by atoms with van der Waals surface area (Å²) < 4.78 is 12.1. The molecule has 0 aliphatic carbocycles. The van der Waals surface area contributed by atoms with E-state index in [1.54, 1.807) is 18.0 Å². The molecule has 0 atom stereocenters. The predicted octanol–water partition coefficient (Wildman–Crippen LogP) is 4.30. The molecule has 1 aromatic heterocycles. The van der Waals surface area contributed by atoms with Crippen molar-refractivity contribution in [3.63, 3.8) is 0 Å². The van der Waals surface area contributed by atoms with Crippen molar-refractivity contribution in [2.45, 2.75) is 6.54 Å². The number of rotatable bonds is 4. The molecule has 0 spiro atoms. The molecule has 27 heavy (non-hydrogen) atoms. The number of nitrogens with zero attached hydrogens (tertiary/aromatic N) is 2. The summed E-state index contributed by atoms with van der Waals surface area (Å²) in [6.07, 6.45) is 0. The molecular formula is C21H21BrN2O3. The van der Waals surface area contributed by atoms with E-state index < -0.39 is 0 Å². The average molecular weight is 429 g/mol. The first kappa shape index (κ1) is 18.1. The van der Waals surface area contributed by atoms with Gasteiger partial charge >= 0.3 is 0 Å². The van der Waals surface area contributed by atoms with Gasteiger partial charge in [0.15, 0.2) is 5.76 Å². The second kappa shape index (κ2) is 7.74. The van der Waals surface area contributed by atoms with Gasteiger partial charge in [-0.2, -0.15) is 0 Å². The van der Waals surface area contributed by atoms with Gasteiger partial charge in [-0.05, 0) is 42.0 Å².